The lowest BCUT2D eigenvalue weighted by Crippen LogP contribution is -2.23. The van der Waals surface area contributed by atoms with Gasteiger partial charge in [0, 0.05) is 12.1 Å². The van der Waals surface area contributed by atoms with Crippen molar-refractivity contribution in [2.45, 2.75) is 6.54 Å². The Bertz CT molecular complexity index is 1020. The number of amides is 1. The molecule has 1 heterocycles. The Hall–Kier alpha value is -3.53. The van der Waals surface area contributed by atoms with Crippen LogP contribution in [0.2, 0.25) is 0 Å². The summed E-state index contributed by atoms with van der Waals surface area (Å²) in [5, 5.41) is 3.00. The fraction of sp³-hybridized carbons (Fsp3) is 0.0870. The molecular formula is C23H19NO3. The molecule has 1 amide bonds. The summed E-state index contributed by atoms with van der Waals surface area (Å²) in [6.45, 7) is 0.486. The molecule has 1 aromatic heterocycles. The van der Waals surface area contributed by atoms with Gasteiger partial charge < -0.3 is 14.5 Å². The fourth-order valence-corrected chi connectivity index (χ4v) is 3.14. The van der Waals surface area contributed by atoms with Gasteiger partial charge in [-0.3, -0.25) is 4.79 Å². The van der Waals surface area contributed by atoms with Crippen molar-refractivity contribution in [2.24, 2.45) is 0 Å². The minimum Gasteiger partial charge on any atom is -0.497 e. The van der Waals surface area contributed by atoms with Gasteiger partial charge in [0.25, 0.3) is 5.91 Å². The lowest BCUT2D eigenvalue weighted by molar-refractivity contribution is -0.115. The molecule has 0 atom stereocenters. The molecule has 0 unspecified atom stereocenters. The van der Waals surface area contributed by atoms with Crippen LogP contribution in [0.4, 0.5) is 0 Å². The number of furan rings is 1. The van der Waals surface area contributed by atoms with Crippen molar-refractivity contribution in [1.29, 1.82) is 0 Å². The quantitative estimate of drug-likeness (QED) is 0.729. The van der Waals surface area contributed by atoms with Crippen LogP contribution in [0.25, 0.3) is 17.2 Å². The van der Waals surface area contributed by atoms with E-state index in [4.69, 9.17) is 9.15 Å². The van der Waals surface area contributed by atoms with Crippen LogP contribution in [0, 0.1) is 0 Å². The molecule has 4 rings (SSSR count). The SMILES string of the molecule is COc1ccc2c(c1)/C(=C/c1ccco1)C=C2C(=O)NCc1ccccc1. The van der Waals surface area contributed by atoms with Gasteiger partial charge in [-0.2, -0.15) is 0 Å². The van der Waals surface area contributed by atoms with Crippen LogP contribution in [0.1, 0.15) is 22.5 Å². The van der Waals surface area contributed by atoms with Crippen molar-refractivity contribution in [3.63, 3.8) is 0 Å². The van der Waals surface area contributed by atoms with Crippen LogP contribution in [0.3, 0.4) is 0 Å². The molecule has 0 aliphatic heterocycles. The van der Waals surface area contributed by atoms with Crippen LogP contribution in [-0.4, -0.2) is 13.0 Å². The molecular weight excluding hydrogens is 338 g/mol. The van der Waals surface area contributed by atoms with Crippen LogP contribution >= 0.6 is 0 Å². The second kappa shape index (κ2) is 7.38. The molecule has 0 bridgehead atoms. The van der Waals surface area contributed by atoms with E-state index in [1.165, 1.54) is 0 Å². The Morgan fingerprint density at radius 2 is 1.93 bits per heavy atom. The predicted molar refractivity (Wildman–Crippen MR) is 106 cm³/mol. The molecule has 134 valence electrons. The number of methoxy groups -OCH3 is 1. The molecule has 0 spiro atoms. The summed E-state index contributed by atoms with van der Waals surface area (Å²) in [5.41, 5.74) is 4.46. The summed E-state index contributed by atoms with van der Waals surface area (Å²) in [5.74, 6) is 1.38. The first-order chi connectivity index (χ1) is 13.2. The van der Waals surface area contributed by atoms with Gasteiger partial charge in [-0.25, -0.2) is 0 Å². The van der Waals surface area contributed by atoms with Crippen LogP contribution in [-0.2, 0) is 11.3 Å². The van der Waals surface area contributed by atoms with Crippen molar-refractivity contribution < 1.29 is 13.9 Å². The summed E-state index contributed by atoms with van der Waals surface area (Å²) in [7, 11) is 1.63. The molecule has 0 radical (unpaired) electrons. The molecule has 1 aliphatic rings. The highest BCUT2D eigenvalue weighted by atomic mass is 16.5. The van der Waals surface area contributed by atoms with Gasteiger partial charge in [-0.15, -0.1) is 0 Å². The Labute approximate surface area is 157 Å². The maximum atomic E-state index is 12.8. The first-order valence-corrected chi connectivity index (χ1v) is 8.72. The van der Waals surface area contributed by atoms with E-state index in [1.54, 1.807) is 13.4 Å². The number of carbonyl (C=O) groups is 1. The topological polar surface area (TPSA) is 51.5 Å². The number of ether oxygens (including phenoxy) is 1. The summed E-state index contributed by atoms with van der Waals surface area (Å²) in [6.07, 6.45) is 5.45. The molecule has 1 aliphatic carbocycles. The number of rotatable bonds is 5. The Balaban J connectivity index is 1.65. The fourth-order valence-electron chi connectivity index (χ4n) is 3.14. The van der Waals surface area contributed by atoms with Gasteiger partial charge in [0.2, 0.25) is 0 Å². The van der Waals surface area contributed by atoms with E-state index >= 15 is 0 Å². The lowest BCUT2D eigenvalue weighted by atomic mass is 10.0. The largest absolute Gasteiger partial charge is 0.497 e. The van der Waals surface area contributed by atoms with E-state index < -0.39 is 0 Å². The summed E-state index contributed by atoms with van der Waals surface area (Å²) < 4.78 is 10.8. The number of fused-ring (bicyclic) bond motifs is 1. The van der Waals surface area contributed by atoms with E-state index in [9.17, 15) is 4.79 Å². The highest BCUT2D eigenvalue weighted by Crippen LogP contribution is 2.38. The standard InChI is InChI=1S/C23H19NO3/c1-26-18-9-10-20-21(14-18)17(12-19-8-5-11-27-19)13-22(20)23(25)24-15-16-6-3-2-4-7-16/h2-14H,15H2,1H3,(H,24,25)/b17-12+. The highest BCUT2D eigenvalue weighted by molar-refractivity contribution is 6.26. The zero-order valence-corrected chi connectivity index (χ0v) is 14.9. The average Bonchev–Trinajstić information content (AvgIpc) is 3.35. The monoisotopic (exact) mass is 357 g/mol. The first-order valence-electron chi connectivity index (χ1n) is 8.72. The van der Waals surface area contributed by atoms with Crippen molar-refractivity contribution in [3.05, 3.63) is 95.5 Å². The molecule has 4 nitrogen and oxygen atoms in total. The van der Waals surface area contributed by atoms with Crippen molar-refractivity contribution in [3.8, 4) is 5.75 Å². The third kappa shape index (κ3) is 3.55. The lowest BCUT2D eigenvalue weighted by Gasteiger charge is -2.09. The van der Waals surface area contributed by atoms with Crippen LogP contribution in [0.15, 0.2) is 77.4 Å². The number of benzene rings is 2. The van der Waals surface area contributed by atoms with Gasteiger partial charge in [0.05, 0.1) is 13.4 Å². The molecule has 0 fully saturated rings. The number of hydrogen-bond donors (Lipinski definition) is 1. The van der Waals surface area contributed by atoms with Crippen molar-refractivity contribution in [1.82, 2.24) is 5.32 Å². The smallest absolute Gasteiger partial charge is 0.252 e. The van der Waals surface area contributed by atoms with E-state index in [1.807, 2.05) is 72.8 Å². The minimum atomic E-state index is -0.104. The summed E-state index contributed by atoms with van der Waals surface area (Å²) >= 11 is 0. The maximum absolute atomic E-state index is 12.8. The number of carbonyl (C=O) groups excluding carboxylic acids is 1. The van der Waals surface area contributed by atoms with E-state index in [0.29, 0.717) is 12.1 Å². The Morgan fingerprint density at radius 3 is 2.67 bits per heavy atom. The Kier molecular flexibility index (Phi) is 4.62. The molecule has 2 aromatic carbocycles. The van der Waals surface area contributed by atoms with E-state index in [0.717, 1.165) is 33.8 Å². The predicted octanol–water partition coefficient (Wildman–Crippen LogP) is 4.54. The summed E-state index contributed by atoms with van der Waals surface area (Å²) in [4.78, 5) is 12.8. The zero-order chi connectivity index (χ0) is 18.6. The van der Waals surface area contributed by atoms with Gasteiger partial charge in [0.15, 0.2) is 0 Å². The molecule has 0 saturated heterocycles. The number of hydrogen-bond acceptors (Lipinski definition) is 3. The number of allylic oxidation sites excluding steroid dienone is 2. The van der Waals surface area contributed by atoms with Gasteiger partial charge in [0.1, 0.15) is 11.5 Å². The van der Waals surface area contributed by atoms with Crippen LogP contribution in [0.5, 0.6) is 5.75 Å². The average molecular weight is 357 g/mol. The van der Waals surface area contributed by atoms with Gasteiger partial charge in [-0.05, 0) is 64.7 Å². The molecule has 1 N–H and O–H groups in total. The molecule has 27 heavy (non-hydrogen) atoms. The van der Waals surface area contributed by atoms with Crippen LogP contribution < -0.4 is 10.1 Å². The minimum absolute atomic E-state index is 0.104. The van der Waals surface area contributed by atoms with E-state index in [-0.39, 0.29) is 5.91 Å². The molecule has 0 saturated carbocycles. The normalized spacial score (nSPS) is 14.0. The first kappa shape index (κ1) is 16.9. The summed E-state index contributed by atoms with van der Waals surface area (Å²) in [6, 6.07) is 19.3. The molecule has 4 heteroatoms. The van der Waals surface area contributed by atoms with Crippen molar-refractivity contribution in [2.75, 3.05) is 7.11 Å². The second-order valence-electron chi connectivity index (χ2n) is 6.25. The number of nitrogens with one attached hydrogen (secondary N) is 1. The highest BCUT2D eigenvalue weighted by Gasteiger charge is 2.24. The van der Waals surface area contributed by atoms with Gasteiger partial charge in [-0.1, -0.05) is 30.3 Å². The zero-order valence-electron chi connectivity index (χ0n) is 14.9. The van der Waals surface area contributed by atoms with Crippen molar-refractivity contribution >= 4 is 23.1 Å². The Morgan fingerprint density at radius 1 is 1.07 bits per heavy atom. The maximum Gasteiger partial charge on any atom is 0.252 e. The molecule has 3 aromatic rings. The van der Waals surface area contributed by atoms with Gasteiger partial charge >= 0.3 is 0 Å². The second-order valence-corrected chi connectivity index (χ2v) is 6.25. The third-order valence-electron chi connectivity index (χ3n) is 4.51. The van der Waals surface area contributed by atoms with E-state index in [2.05, 4.69) is 5.32 Å². The third-order valence-corrected chi connectivity index (χ3v) is 4.51.